The molecule has 0 saturated carbocycles. The Hall–Kier alpha value is -3.92. The molecule has 0 spiro atoms. The molecule has 0 aliphatic carbocycles. The van der Waals surface area contributed by atoms with Gasteiger partial charge in [-0.1, -0.05) is 56.0 Å². The van der Waals surface area contributed by atoms with Gasteiger partial charge >= 0.3 is 0 Å². The van der Waals surface area contributed by atoms with Crippen LogP contribution in [-0.4, -0.2) is 38.6 Å². The van der Waals surface area contributed by atoms with Crippen LogP contribution in [0.1, 0.15) is 47.1 Å². The van der Waals surface area contributed by atoms with Gasteiger partial charge in [0.1, 0.15) is 20.2 Å². The van der Waals surface area contributed by atoms with E-state index in [0.29, 0.717) is 16.7 Å². The second-order valence-electron chi connectivity index (χ2n) is 9.69. The average molecular weight is 554 g/mol. The summed E-state index contributed by atoms with van der Waals surface area (Å²) in [4.78, 5) is 38.2. The number of carbonyl (C=O) groups is 3. The molecule has 2 radical (unpaired) electrons. The highest BCUT2D eigenvalue weighted by atomic mass is 35.5. The number of halogens is 3. The second kappa shape index (κ2) is 12.8. The molecule has 0 saturated heterocycles. The quantitative estimate of drug-likeness (QED) is 0.327. The Bertz CT molecular complexity index is 1360. The van der Waals surface area contributed by atoms with Crippen molar-refractivity contribution in [3.8, 4) is 5.75 Å². The maximum Gasteiger partial charge on any atom is 0.272 e. The zero-order valence-electron chi connectivity index (χ0n) is 21.6. The zero-order chi connectivity index (χ0) is 28.7. The van der Waals surface area contributed by atoms with E-state index in [1.54, 1.807) is 63.2 Å². The molecule has 0 bridgehead atoms. The number of alkyl halides is 2. The van der Waals surface area contributed by atoms with Crippen LogP contribution in [0.15, 0.2) is 60.7 Å². The van der Waals surface area contributed by atoms with E-state index in [4.69, 9.17) is 24.2 Å². The van der Waals surface area contributed by atoms with Crippen molar-refractivity contribution in [3.63, 3.8) is 0 Å². The smallest absolute Gasteiger partial charge is 0.272 e. The summed E-state index contributed by atoms with van der Waals surface area (Å²) in [6.07, 6.45) is -2.75. The van der Waals surface area contributed by atoms with Crippen LogP contribution in [0.25, 0.3) is 0 Å². The zero-order valence-corrected chi connectivity index (χ0v) is 22.4. The summed E-state index contributed by atoms with van der Waals surface area (Å²) < 4.78 is 30.7. The van der Waals surface area contributed by atoms with Gasteiger partial charge in [-0.2, -0.15) is 0 Å². The predicted octanol–water partition coefficient (Wildman–Crippen LogP) is 4.94. The lowest BCUT2D eigenvalue weighted by Gasteiger charge is -2.18. The van der Waals surface area contributed by atoms with Crippen LogP contribution in [-0.2, 0) is 11.3 Å². The van der Waals surface area contributed by atoms with Crippen LogP contribution in [0.3, 0.4) is 0 Å². The van der Waals surface area contributed by atoms with E-state index in [0.717, 1.165) is 0 Å². The lowest BCUT2D eigenvalue weighted by Crippen LogP contribution is -2.34. The summed E-state index contributed by atoms with van der Waals surface area (Å²) in [5, 5.41) is 8.30. The maximum absolute atomic E-state index is 13.1. The second-order valence-corrected chi connectivity index (χ2v) is 10.1. The van der Waals surface area contributed by atoms with Crippen molar-refractivity contribution in [1.29, 1.82) is 0 Å². The van der Waals surface area contributed by atoms with E-state index in [1.165, 1.54) is 18.2 Å². The number of amides is 3. The van der Waals surface area contributed by atoms with Crippen molar-refractivity contribution >= 4 is 54.0 Å². The van der Waals surface area contributed by atoms with E-state index in [-0.39, 0.29) is 40.0 Å². The van der Waals surface area contributed by atoms with E-state index in [2.05, 4.69) is 16.0 Å². The molecule has 202 valence electrons. The number of hydrogen-bond acceptors (Lipinski definition) is 4. The maximum atomic E-state index is 13.1. The minimum absolute atomic E-state index is 0.0741. The highest BCUT2D eigenvalue weighted by Gasteiger charge is 2.21. The summed E-state index contributed by atoms with van der Waals surface area (Å²) in [5.74, 6) is -1.46. The van der Waals surface area contributed by atoms with E-state index < -0.39 is 30.3 Å². The summed E-state index contributed by atoms with van der Waals surface area (Å²) in [5.41, 5.74) is 1.27. The normalized spacial score (nSPS) is 11.2. The van der Waals surface area contributed by atoms with Crippen LogP contribution >= 0.6 is 11.6 Å². The minimum atomic E-state index is -2.75. The van der Waals surface area contributed by atoms with Gasteiger partial charge in [-0.05, 0) is 48.0 Å². The third-order valence-electron chi connectivity index (χ3n) is 5.43. The fraction of sp³-hybridized carbons (Fsp3) is 0.250. The molecule has 0 aliphatic rings. The molecule has 0 fully saturated rings. The van der Waals surface area contributed by atoms with Crippen molar-refractivity contribution in [2.24, 2.45) is 5.41 Å². The molecule has 0 aromatic heterocycles. The Morgan fingerprint density at radius 2 is 1.51 bits per heavy atom. The summed E-state index contributed by atoms with van der Waals surface area (Å²) >= 11 is 6.26. The van der Waals surface area contributed by atoms with Crippen LogP contribution in [0.5, 0.6) is 5.75 Å². The van der Waals surface area contributed by atoms with Gasteiger partial charge in [0.2, 0.25) is 5.91 Å². The molecule has 3 aromatic rings. The standard InChI is InChI=1S/C28H27BClF2N3O4/c1-28(2,3)27(38)33-14-16-4-10-22(30)20(12-16)25(36)35-19-9-11-23(39-15-24(31)32)21(13-19)26(37)34-18-7-5-17(29)6-8-18/h4-13,24H,14-15H2,1-3H3,(H,33,38)(H,34,37)(H,35,36). The van der Waals surface area contributed by atoms with Gasteiger partial charge in [0.25, 0.3) is 18.2 Å². The summed E-state index contributed by atoms with van der Waals surface area (Å²) in [6.45, 7) is 4.65. The van der Waals surface area contributed by atoms with Crippen molar-refractivity contribution in [2.45, 2.75) is 33.7 Å². The van der Waals surface area contributed by atoms with Crippen LogP contribution in [0, 0.1) is 5.41 Å². The van der Waals surface area contributed by atoms with Gasteiger partial charge in [-0.3, -0.25) is 14.4 Å². The van der Waals surface area contributed by atoms with E-state index in [1.807, 2.05) is 0 Å². The molecule has 0 heterocycles. The third kappa shape index (κ3) is 8.54. The Morgan fingerprint density at radius 3 is 2.15 bits per heavy atom. The number of hydrogen-bond donors (Lipinski definition) is 3. The summed E-state index contributed by atoms with van der Waals surface area (Å²) in [7, 11) is 5.67. The largest absolute Gasteiger partial charge is 0.487 e. The number of anilines is 2. The first-order valence-corrected chi connectivity index (χ1v) is 12.3. The van der Waals surface area contributed by atoms with Gasteiger partial charge in [-0.15, -0.1) is 0 Å². The van der Waals surface area contributed by atoms with E-state index >= 15 is 0 Å². The fourth-order valence-electron chi connectivity index (χ4n) is 3.33. The molecule has 3 amide bonds. The van der Waals surface area contributed by atoms with Crippen LogP contribution in [0.4, 0.5) is 20.2 Å². The Kier molecular flexibility index (Phi) is 9.69. The Morgan fingerprint density at radius 1 is 0.897 bits per heavy atom. The highest BCUT2D eigenvalue weighted by molar-refractivity contribution is 6.34. The molecule has 3 rings (SSSR count). The first kappa shape index (κ1) is 29.6. The molecule has 39 heavy (non-hydrogen) atoms. The lowest BCUT2D eigenvalue weighted by molar-refractivity contribution is -0.128. The van der Waals surface area contributed by atoms with Gasteiger partial charge in [0.05, 0.1) is 16.1 Å². The number of carbonyl (C=O) groups excluding carboxylic acids is 3. The average Bonchev–Trinajstić information content (AvgIpc) is 2.87. The molecule has 3 N–H and O–H groups in total. The van der Waals surface area contributed by atoms with Crippen molar-refractivity contribution in [3.05, 3.63) is 82.4 Å². The van der Waals surface area contributed by atoms with Crippen LogP contribution in [0.2, 0.25) is 5.02 Å². The molecule has 11 heteroatoms. The van der Waals surface area contributed by atoms with Crippen molar-refractivity contribution in [1.82, 2.24) is 5.32 Å². The SMILES string of the molecule is [B]c1ccc(NC(=O)c2cc(NC(=O)c3cc(CNC(=O)C(C)(C)C)ccc3Cl)ccc2OCC(F)F)cc1. The molecule has 0 aliphatic heterocycles. The number of benzene rings is 3. The molecule has 7 nitrogen and oxygen atoms in total. The number of rotatable bonds is 9. The van der Waals surface area contributed by atoms with Gasteiger partial charge in [0, 0.05) is 23.3 Å². The third-order valence-corrected chi connectivity index (χ3v) is 5.75. The first-order valence-electron chi connectivity index (χ1n) is 11.9. The Labute approximate surface area is 231 Å². The van der Waals surface area contributed by atoms with Gasteiger partial charge in [-0.25, -0.2) is 8.78 Å². The number of nitrogens with one attached hydrogen (secondary N) is 3. The predicted molar refractivity (Wildman–Crippen MR) is 148 cm³/mol. The fourth-order valence-corrected chi connectivity index (χ4v) is 3.53. The topological polar surface area (TPSA) is 96.5 Å². The van der Waals surface area contributed by atoms with Gasteiger partial charge < -0.3 is 20.7 Å². The molecule has 0 unspecified atom stereocenters. The molecular formula is C28H27BClF2N3O4. The van der Waals surface area contributed by atoms with E-state index in [9.17, 15) is 23.2 Å². The van der Waals surface area contributed by atoms with Crippen molar-refractivity contribution < 1.29 is 27.9 Å². The van der Waals surface area contributed by atoms with Crippen LogP contribution < -0.4 is 26.2 Å². The number of ether oxygens (including phenoxy) is 1. The monoisotopic (exact) mass is 553 g/mol. The van der Waals surface area contributed by atoms with Gasteiger partial charge in [0.15, 0.2) is 0 Å². The molecule has 3 aromatic carbocycles. The first-order chi connectivity index (χ1) is 18.3. The summed E-state index contributed by atoms with van der Waals surface area (Å²) in [6, 6.07) is 15.2. The van der Waals surface area contributed by atoms with Crippen molar-refractivity contribution in [2.75, 3.05) is 17.2 Å². The Balaban J connectivity index is 1.82. The molecule has 0 atom stereocenters. The molecular weight excluding hydrogens is 527 g/mol. The minimum Gasteiger partial charge on any atom is -0.487 e. The highest BCUT2D eigenvalue weighted by Crippen LogP contribution is 2.26. The lowest BCUT2D eigenvalue weighted by atomic mass is 9.95.